The Morgan fingerprint density at radius 3 is 2.44 bits per heavy atom. The van der Waals surface area contributed by atoms with E-state index in [2.05, 4.69) is 0 Å². The second-order valence-electron chi connectivity index (χ2n) is 4.21. The molecule has 1 aromatic carbocycles. The summed E-state index contributed by atoms with van der Waals surface area (Å²) in [6.07, 6.45) is 0.505. The largest absolute Gasteiger partial charge is 0.493 e. The highest BCUT2D eigenvalue weighted by molar-refractivity contribution is 5.66. The second-order valence-corrected chi connectivity index (χ2v) is 4.21. The van der Waals surface area contributed by atoms with Crippen LogP contribution in [-0.2, 0) is 16.0 Å². The molecule has 1 atom stereocenters. The summed E-state index contributed by atoms with van der Waals surface area (Å²) >= 11 is 0. The molecule has 100 valence electrons. The van der Waals surface area contributed by atoms with Crippen molar-refractivity contribution >= 4 is 5.97 Å². The zero-order valence-electron chi connectivity index (χ0n) is 11.6. The van der Waals surface area contributed by atoms with Crippen molar-refractivity contribution in [3.8, 4) is 11.5 Å². The van der Waals surface area contributed by atoms with Crippen LogP contribution in [0.3, 0.4) is 0 Å². The van der Waals surface area contributed by atoms with Gasteiger partial charge in [0.1, 0.15) is 6.10 Å². The van der Waals surface area contributed by atoms with Crippen molar-refractivity contribution in [1.29, 1.82) is 0 Å². The summed E-state index contributed by atoms with van der Waals surface area (Å²) < 4.78 is 15.7. The van der Waals surface area contributed by atoms with Gasteiger partial charge in [0.15, 0.2) is 11.5 Å². The molecule has 4 nitrogen and oxygen atoms in total. The van der Waals surface area contributed by atoms with Gasteiger partial charge >= 0.3 is 5.97 Å². The predicted molar refractivity (Wildman–Crippen MR) is 69.2 cm³/mol. The highest BCUT2D eigenvalue weighted by Crippen LogP contribution is 2.33. The molecule has 0 aliphatic carbocycles. The van der Waals surface area contributed by atoms with E-state index in [1.165, 1.54) is 6.92 Å². The van der Waals surface area contributed by atoms with Crippen molar-refractivity contribution in [1.82, 2.24) is 0 Å². The van der Waals surface area contributed by atoms with Crippen LogP contribution in [0.15, 0.2) is 12.1 Å². The minimum Gasteiger partial charge on any atom is -0.493 e. The molecule has 1 rings (SSSR count). The number of hydrogen-bond donors (Lipinski definition) is 0. The molecule has 0 aliphatic rings. The molecule has 0 amide bonds. The summed E-state index contributed by atoms with van der Waals surface area (Å²) in [6, 6.07) is 3.83. The van der Waals surface area contributed by atoms with Gasteiger partial charge in [0.05, 0.1) is 14.2 Å². The lowest BCUT2D eigenvalue weighted by molar-refractivity contribution is -0.145. The van der Waals surface area contributed by atoms with Gasteiger partial charge in [-0.05, 0) is 31.0 Å². The van der Waals surface area contributed by atoms with Gasteiger partial charge in [-0.2, -0.15) is 0 Å². The van der Waals surface area contributed by atoms with Crippen LogP contribution in [0.2, 0.25) is 0 Å². The molecule has 0 radical (unpaired) electrons. The van der Waals surface area contributed by atoms with Crippen LogP contribution in [0.25, 0.3) is 0 Å². The van der Waals surface area contributed by atoms with E-state index in [0.717, 1.165) is 16.9 Å². The van der Waals surface area contributed by atoms with Crippen LogP contribution in [0.4, 0.5) is 0 Å². The number of hydrogen-bond acceptors (Lipinski definition) is 4. The molecule has 0 heterocycles. The van der Waals surface area contributed by atoms with Crippen molar-refractivity contribution in [2.75, 3.05) is 14.2 Å². The third-order valence-electron chi connectivity index (χ3n) is 2.78. The number of benzene rings is 1. The Kier molecular flexibility index (Phi) is 5.01. The lowest BCUT2D eigenvalue weighted by atomic mass is 10.0. The molecule has 0 saturated heterocycles. The van der Waals surface area contributed by atoms with Gasteiger partial charge in [-0.3, -0.25) is 4.79 Å². The van der Waals surface area contributed by atoms with Gasteiger partial charge in [-0.1, -0.05) is 6.07 Å². The third-order valence-corrected chi connectivity index (χ3v) is 2.78. The maximum Gasteiger partial charge on any atom is 0.302 e. The van der Waals surface area contributed by atoms with Gasteiger partial charge in [0.2, 0.25) is 0 Å². The van der Waals surface area contributed by atoms with Crippen LogP contribution >= 0.6 is 0 Å². The number of ether oxygens (including phenoxy) is 3. The van der Waals surface area contributed by atoms with E-state index in [4.69, 9.17) is 14.2 Å². The van der Waals surface area contributed by atoms with Gasteiger partial charge in [-0.25, -0.2) is 0 Å². The Morgan fingerprint density at radius 2 is 1.94 bits per heavy atom. The number of carbonyl (C=O) groups excluding carboxylic acids is 1. The first-order valence-electron chi connectivity index (χ1n) is 5.87. The van der Waals surface area contributed by atoms with Crippen molar-refractivity contribution in [2.45, 2.75) is 33.3 Å². The van der Waals surface area contributed by atoms with Gasteiger partial charge in [0.25, 0.3) is 0 Å². The second kappa shape index (κ2) is 6.28. The first kappa shape index (κ1) is 14.4. The van der Waals surface area contributed by atoms with Crippen molar-refractivity contribution < 1.29 is 19.0 Å². The first-order valence-corrected chi connectivity index (χ1v) is 5.87. The fraction of sp³-hybridized carbons (Fsp3) is 0.500. The van der Waals surface area contributed by atoms with E-state index in [1.54, 1.807) is 14.2 Å². The lowest BCUT2D eigenvalue weighted by Crippen LogP contribution is -2.15. The standard InChI is InChI=1S/C14H20O4/c1-9(18-11(3)15)8-12-6-7-13(16-4)14(17-5)10(12)2/h6-7,9H,8H2,1-5H3/t9-/m0/s1. The molecule has 0 spiro atoms. The van der Waals surface area contributed by atoms with E-state index >= 15 is 0 Å². The Labute approximate surface area is 108 Å². The topological polar surface area (TPSA) is 44.8 Å². The van der Waals surface area contributed by atoms with E-state index in [0.29, 0.717) is 12.2 Å². The van der Waals surface area contributed by atoms with E-state index in [-0.39, 0.29) is 12.1 Å². The molecule has 18 heavy (non-hydrogen) atoms. The lowest BCUT2D eigenvalue weighted by Gasteiger charge is -2.17. The average Bonchev–Trinajstić information content (AvgIpc) is 2.30. The highest BCUT2D eigenvalue weighted by atomic mass is 16.5. The summed E-state index contributed by atoms with van der Waals surface area (Å²) in [5, 5.41) is 0. The van der Waals surface area contributed by atoms with Gasteiger partial charge < -0.3 is 14.2 Å². The molecule has 0 bridgehead atoms. The van der Waals surface area contributed by atoms with Gasteiger partial charge in [0, 0.05) is 13.3 Å². The fourth-order valence-electron chi connectivity index (χ4n) is 1.98. The van der Waals surface area contributed by atoms with E-state index in [1.807, 2.05) is 26.0 Å². The Bertz CT molecular complexity index is 426. The number of rotatable bonds is 5. The predicted octanol–water partition coefficient (Wildman–Crippen LogP) is 2.51. The summed E-state index contributed by atoms with van der Waals surface area (Å²) in [5.41, 5.74) is 2.09. The number of esters is 1. The molecule has 0 aromatic heterocycles. The van der Waals surface area contributed by atoms with Crippen molar-refractivity contribution in [2.24, 2.45) is 0 Å². The molecule has 0 N–H and O–H groups in total. The molecule has 0 fully saturated rings. The normalized spacial score (nSPS) is 11.8. The number of methoxy groups -OCH3 is 2. The van der Waals surface area contributed by atoms with Crippen LogP contribution in [0, 0.1) is 6.92 Å². The summed E-state index contributed by atoms with van der Waals surface area (Å²) in [4.78, 5) is 10.9. The summed E-state index contributed by atoms with van der Waals surface area (Å²) in [6.45, 7) is 5.26. The van der Waals surface area contributed by atoms with E-state index in [9.17, 15) is 4.79 Å². The molecule has 0 aliphatic heterocycles. The Morgan fingerprint density at radius 1 is 1.28 bits per heavy atom. The maximum absolute atomic E-state index is 10.9. The minimum atomic E-state index is -0.263. The van der Waals surface area contributed by atoms with Crippen LogP contribution in [0.1, 0.15) is 25.0 Å². The quantitative estimate of drug-likeness (QED) is 0.755. The van der Waals surface area contributed by atoms with Crippen molar-refractivity contribution in [3.05, 3.63) is 23.3 Å². The van der Waals surface area contributed by atoms with Crippen LogP contribution in [-0.4, -0.2) is 26.3 Å². The molecular weight excluding hydrogens is 232 g/mol. The average molecular weight is 252 g/mol. The molecular formula is C14H20O4. The SMILES string of the molecule is COc1ccc(C[C@H](C)OC(C)=O)c(C)c1OC. The zero-order valence-corrected chi connectivity index (χ0v) is 11.6. The van der Waals surface area contributed by atoms with Gasteiger partial charge in [-0.15, -0.1) is 0 Å². The molecule has 4 heteroatoms. The maximum atomic E-state index is 10.9. The smallest absolute Gasteiger partial charge is 0.302 e. The third kappa shape index (κ3) is 3.39. The first-order chi connectivity index (χ1) is 8.49. The number of carbonyl (C=O) groups is 1. The zero-order chi connectivity index (χ0) is 13.7. The van der Waals surface area contributed by atoms with Crippen LogP contribution in [0.5, 0.6) is 11.5 Å². The minimum absolute atomic E-state index is 0.153. The van der Waals surface area contributed by atoms with Crippen molar-refractivity contribution in [3.63, 3.8) is 0 Å². The summed E-state index contributed by atoms with van der Waals surface area (Å²) in [7, 11) is 3.22. The Balaban J connectivity index is 2.93. The molecule has 0 unspecified atom stereocenters. The molecule has 1 aromatic rings. The highest BCUT2D eigenvalue weighted by Gasteiger charge is 2.14. The monoisotopic (exact) mass is 252 g/mol. The molecule has 0 saturated carbocycles. The van der Waals surface area contributed by atoms with E-state index < -0.39 is 0 Å². The fourth-order valence-corrected chi connectivity index (χ4v) is 1.98. The summed E-state index contributed by atoms with van der Waals surface area (Å²) in [5.74, 6) is 1.17. The Hall–Kier alpha value is -1.71. The van der Waals surface area contributed by atoms with Crippen LogP contribution < -0.4 is 9.47 Å².